The lowest BCUT2D eigenvalue weighted by molar-refractivity contribution is 1.11. The maximum atomic E-state index is 4.30. The average Bonchev–Trinajstić information content (AvgIpc) is 3.05. The summed E-state index contributed by atoms with van der Waals surface area (Å²) in [6, 6.07) is 16.4. The van der Waals surface area contributed by atoms with Crippen LogP contribution in [-0.4, -0.2) is 33.7 Å². The van der Waals surface area contributed by atoms with E-state index in [-0.39, 0.29) is 0 Å². The first-order valence-corrected chi connectivity index (χ1v) is 7.75. The minimum Gasteiger partial charge on any atom is -0.378 e. The van der Waals surface area contributed by atoms with Gasteiger partial charge in [-0.05, 0) is 47.5 Å². The second-order valence-electron chi connectivity index (χ2n) is 5.85. The van der Waals surface area contributed by atoms with E-state index in [0.717, 1.165) is 28.2 Å². The van der Waals surface area contributed by atoms with Crippen LogP contribution in [-0.2, 0) is 0 Å². The highest BCUT2D eigenvalue weighted by atomic mass is 15.2. The maximum absolute atomic E-state index is 4.30. The van der Waals surface area contributed by atoms with E-state index in [1.54, 1.807) is 12.4 Å². The van der Waals surface area contributed by atoms with Gasteiger partial charge in [-0.15, -0.1) is 10.2 Å². The van der Waals surface area contributed by atoms with E-state index in [9.17, 15) is 0 Å². The number of rotatable bonds is 3. The molecule has 0 spiro atoms. The van der Waals surface area contributed by atoms with Crippen LogP contribution in [0.1, 0.15) is 0 Å². The van der Waals surface area contributed by atoms with Crippen LogP contribution in [0.3, 0.4) is 0 Å². The lowest BCUT2D eigenvalue weighted by Crippen LogP contribution is -2.07. The van der Waals surface area contributed by atoms with E-state index in [1.165, 1.54) is 5.69 Å². The Morgan fingerprint density at radius 1 is 0.833 bits per heavy atom. The van der Waals surface area contributed by atoms with Crippen molar-refractivity contribution in [2.24, 2.45) is 0 Å². The molecule has 0 aliphatic rings. The molecule has 4 aromatic rings. The van der Waals surface area contributed by atoms with E-state index >= 15 is 0 Å². The lowest BCUT2D eigenvalue weighted by Gasteiger charge is -2.12. The second kappa shape index (κ2) is 5.77. The molecule has 3 heterocycles. The van der Waals surface area contributed by atoms with Gasteiger partial charge in [0.05, 0.1) is 0 Å². The van der Waals surface area contributed by atoms with E-state index in [4.69, 9.17) is 0 Å². The Kier molecular flexibility index (Phi) is 3.46. The van der Waals surface area contributed by atoms with Gasteiger partial charge in [-0.1, -0.05) is 12.1 Å². The van der Waals surface area contributed by atoms with Crippen molar-refractivity contribution < 1.29 is 0 Å². The fraction of sp³-hybridized carbons (Fsp3) is 0.105. The minimum absolute atomic E-state index is 0.796. The zero-order valence-corrected chi connectivity index (χ0v) is 13.6. The quantitative estimate of drug-likeness (QED) is 0.580. The Morgan fingerprint density at radius 2 is 1.62 bits per heavy atom. The zero-order valence-electron chi connectivity index (χ0n) is 13.6. The normalized spacial score (nSPS) is 10.9. The third-order valence-electron chi connectivity index (χ3n) is 4.04. The number of benzene rings is 1. The molecule has 118 valence electrons. The van der Waals surface area contributed by atoms with Gasteiger partial charge in [0.2, 0.25) is 0 Å². The van der Waals surface area contributed by atoms with Crippen molar-refractivity contribution in [1.29, 1.82) is 0 Å². The number of nitrogens with zero attached hydrogens (tertiary/aromatic N) is 5. The summed E-state index contributed by atoms with van der Waals surface area (Å²) in [6.07, 6.45) is 5.63. The summed E-state index contributed by atoms with van der Waals surface area (Å²) < 4.78 is 2.01. The van der Waals surface area contributed by atoms with Gasteiger partial charge in [-0.25, -0.2) is 0 Å². The van der Waals surface area contributed by atoms with Crippen molar-refractivity contribution in [2.75, 3.05) is 19.0 Å². The topological polar surface area (TPSA) is 46.3 Å². The van der Waals surface area contributed by atoms with Crippen LogP contribution in [0.5, 0.6) is 0 Å². The summed E-state index contributed by atoms with van der Waals surface area (Å²) in [7, 11) is 4.08. The predicted octanol–water partition coefficient (Wildman–Crippen LogP) is 3.52. The van der Waals surface area contributed by atoms with Crippen molar-refractivity contribution in [3.8, 4) is 22.5 Å². The molecule has 3 aromatic heterocycles. The molecule has 0 saturated heterocycles. The Bertz CT molecular complexity index is 972. The molecule has 5 heteroatoms. The number of hydrogen-bond donors (Lipinski definition) is 0. The Hall–Kier alpha value is -3.21. The molecule has 0 unspecified atom stereocenters. The fourth-order valence-electron chi connectivity index (χ4n) is 2.71. The van der Waals surface area contributed by atoms with Gasteiger partial charge in [0.15, 0.2) is 11.5 Å². The summed E-state index contributed by atoms with van der Waals surface area (Å²) >= 11 is 0. The summed E-state index contributed by atoms with van der Waals surface area (Å²) in [4.78, 5) is 6.26. The number of aromatic nitrogens is 4. The monoisotopic (exact) mass is 315 g/mol. The number of anilines is 1. The fourth-order valence-corrected chi connectivity index (χ4v) is 2.71. The molecular weight excluding hydrogens is 298 g/mol. The number of fused-ring (bicyclic) bond motifs is 1. The van der Waals surface area contributed by atoms with Crippen LogP contribution < -0.4 is 4.90 Å². The molecule has 24 heavy (non-hydrogen) atoms. The van der Waals surface area contributed by atoms with E-state index in [2.05, 4.69) is 56.6 Å². The molecule has 0 N–H and O–H groups in total. The van der Waals surface area contributed by atoms with Crippen LogP contribution in [0.25, 0.3) is 28.2 Å². The average molecular weight is 315 g/mol. The van der Waals surface area contributed by atoms with Crippen LogP contribution in [0.4, 0.5) is 5.69 Å². The Morgan fingerprint density at radius 3 is 2.33 bits per heavy atom. The zero-order chi connectivity index (χ0) is 16.5. The molecule has 0 amide bonds. The van der Waals surface area contributed by atoms with Crippen LogP contribution in [0, 0.1) is 0 Å². The van der Waals surface area contributed by atoms with Crippen molar-refractivity contribution in [1.82, 2.24) is 19.6 Å². The third-order valence-corrected chi connectivity index (χ3v) is 4.04. The summed E-state index contributed by atoms with van der Waals surface area (Å²) in [5.74, 6) is 0.796. The van der Waals surface area contributed by atoms with Crippen molar-refractivity contribution in [3.05, 3.63) is 67.1 Å². The molecule has 0 bridgehead atoms. The largest absolute Gasteiger partial charge is 0.378 e. The van der Waals surface area contributed by atoms with Gasteiger partial charge >= 0.3 is 0 Å². The molecule has 1 aromatic carbocycles. The maximum Gasteiger partial charge on any atom is 0.169 e. The number of pyridine rings is 2. The first-order valence-electron chi connectivity index (χ1n) is 7.75. The van der Waals surface area contributed by atoms with Gasteiger partial charge in [0.25, 0.3) is 0 Å². The van der Waals surface area contributed by atoms with Crippen molar-refractivity contribution >= 4 is 11.3 Å². The van der Waals surface area contributed by atoms with Gasteiger partial charge in [0, 0.05) is 43.9 Å². The molecule has 0 atom stereocenters. The highest BCUT2D eigenvalue weighted by molar-refractivity contribution is 5.68. The highest BCUT2D eigenvalue weighted by Crippen LogP contribution is 2.25. The van der Waals surface area contributed by atoms with E-state index in [1.807, 2.05) is 36.7 Å². The van der Waals surface area contributed by atoms with E-state index in [0.29, 0.717) is 0 Å². The first kappa shape index (κ1) is 14.4. The molecule has 0 aliphatic carbocycles. The Labute approximate surface area is 140 Å². The minimum atomic E-state index is 0.796. The standard InChI is InChI=1S/C19H17N5/c1-23(2)17-8-5-14(6-9-17)16-7-10-18-21-22-19(24(18)13-16)15-4-3-11-20-12-15/h3-13H,1-2H3. The first-order chi connectivity index (χ1) is 11.7. The second-order valence-corrected chi connectivity index (χ2v) is 5.85. The molecule has 5 nitrogen and oxygen atoms in total. The molecule has 0 aliphatic heterocycles. The van der Waals surface area contributed by atoms with E-state index < -0.39 is 0 Å². The smallest absolute Gasteiger partial charge is 0.169 e. The highest BCUT2D eigenvalue weighted by Gasteiger charge is 2.09. The third kappa shape index (κ3) is 2.50. The summed E-state index contributed by atoms with van der Waals surface area (Å²) in [5.41, 5.74) is 5.24. The molecule has 0 radical (unpaired) electrons. The van der Waals surface area contributed by atoms with Gasteiger partial charge in [-0.2, -0.15) is 0 Å². The van der Waals surface area contributed by atoms with Crippen LogP contribution in [0.2, 0.25) is 0 Å². The molecule has 4 rings (SSSR count). The van der Waals surface area contributed by atoms with Crippen molar-refractivity contribution in [3.63, 3.8) is 0 Å². The van der Waals surface area contributed by atoms with Gasteiger partial charge < -0.3 is 4.90 Å². The molecule has 0 saturated carbocycles. The van der Waals surface area contributed by atoms with Crippen LogP contribution >= 0.6 is 0 Å². The SMILES string of the molecule is CN(C)c1ccc(-c2ccc3nnc(-c4cccnc4)n3c2)cc1. The van der Waals surface area contributed by atoms with Gasteiger partial charge in [0.1, 0.15) is 0 Å². The Balaban J connectivity index is 1.80. The van der Waals surface area contributed by atoms with Crippen molar-refractivity contribution in [2.45, 2.75) is 0 Å². The van der Waals surface area contributed by atoms with Gasteiger partial charge in [-0.3, -0.25) is 9.38 Å². The predicted molar refractivity (Wildman–Crippen MR) is 96.0 cm³/mol. The van der Waals surface area contributed by atoms with Crippen LogP contribution in [0.15, 0.2) is 67.1 Å². The summed E-state index contributed by atoms with van der Waals surface area (Å²) in [5, 5.41) is 8.55. The molecular formula is C19H17N5. The summed E-state index contributed by atoms with van der Waals surface area (Å²) in [6.45, 7) is 0. The lowest BCUT2D eigenvalue weighted by atomic mass is 10.1. The molecule has 0 fully saturated rings. The number of hydrogen-bond acceptors (Lipinski definition) is 4.